The van der Waals surface area contributed by atoms with Crippen LogP contribution in [-0.2, 0) is 29.0 Å². The Bertz CT molecular complexity index is 170. The van der Waals surface area contributed by atoms with Crippen molar-refractivity contribution in [3.8, 4) is 0 Å². The summed E-state index contributed by atoms with van der Waals surface area (Å²) in [6.07, 6.45) is 0. The van der Waals surface area contributed by atoms with E-state index in [1.54, 1.807) is 0 Å². The lowest BCUT2D eigenvalue weighted by Crippen LogP contribution is -2.24. The molecule has 7 heteroatoms. The van der Waals surface area contributed by atoms with E-state index in [1.807, 2.05) is 0 Å². The van der Waals surface area contributed by atoms with Gasteiger partial charge in [0.15, 0.2) is 0 Å². The Kier molecular flexibility index (Phi) is 0.921. The highest BCUT2D eigenvalue weighted by molar-refractivity contribution is 8.05. The minimum absolute atomic E-state index is 2.05. The highest BCUT2D eigenvalue weighted by atomic mass is 32.4. The maximum atomic E-state index is 9.66. The van der Waals surface area contributed by atoms with Gasteiger partial charge in [-0.15, -0.1) is 7.26 Å². The molecule has 0 N–H and O–H groups in total. The molecule has 1 aliphatic rings. The van der Waals surface area contributed by atoms with Crippen LogP contribution in [0.5, 0.6) is 0 Å². The van der Waals surface area contributed by atoms with Crippen LogP contribution in [0.3, 0.4) is 0 Å². The third-order valence-corrected chi connectivity index (χ3v) is 2.50. The fourth-order valence-electron chi connectivity index (χ4n) is 0.141. The SMILES string of the molecule is O=S1OS(=O)(=O)O1. The Balaban J connectivity index is 2.79. The largest absolute Gasteiger partial charge is 0.429 e. The molecule has 1 rings (SSSR count). The molecule has 1 aliphatic heterocycles. The van der Waals surface area contributed by atoms with Crippen LogP contribution in [0, 0.1) is 0 Å². The molecule has 0 saturated carbocycles. The van der Waals surface area contributed by atoms with Gasteiger partial charge in [-0.2, -0.15) is 12.6 Å². The summed E-state index contributed by atoms with van der Waals surface area (Å²) in [5.74, 6) is 0. The zero-order valence-electron chi connectivity index (χ0n) is 2.86. The third kappa shape index (κ3) is 0.969. The molecule has 0 bridgehead atoms. The van der Waals surface area contributed by atoms with Crippen LogP contribution in [-0.4, -0.2) is 12.6 Å². The third-order valence-electron chi connectivity index (χ3n) is 0.278. The van der Waals surface area contributed by atoms with Gasteiger partial charge < -0.3 is 0 Å². The Hall–Kier alpha value is 0.0200. The standard InChI is InChI=1S/O5S2/c1-6-4-7(2,3)5-6. The Labute approximate surface area is 42.4 Å². The first kappa shape index (κ1) is 5.16. The molecule has 1 fully saturated rings. The molecule has 0 radical (unpaired) electrons. The van der Waals surface area contributed by atoms with Gasteiger partial charge in [-0.25, -0.2) is 0 Å². The second-order valence-electron chi connectivity index (χ2n) is 0.748. The highest BCUT2D eigenvalue weighted by Crippen LogP contribution is 2.13. The topological polar surface area (TPSA) is 69.7 Å². The zero-order chi connectivity index (χ0) is 5.49. The van der Waals surface area contributed by atoms with Gasteiger partial charge in [0.2, 0.25) is 0 Å². The van der Waals surface area contributed by atoms with Crippen molar-refractivity contribution in [2.24, 2.45) is 0 Å². The molecular weight excluding hydrogens is 144 g/mol. The summed E-state index contributed by atoms with van der Waals surface area (Å²) >= 11 is -2.05. The van der Waals surface area contributed by atoms with E-state index in [9.17, 15) is 12.6 Å². The average Bonchev–Trinajstić information content (AvgIpc) is 1.27. The normalized spacial score (nSPS) is 29.1. The first-order valence-corrected chi connectivity index (χ1v) is 3.50. The summed E-state index contributed by atoms with van der Waals surface area (Å²) in [4.78, 5) is 0. The Morgan fingerprint density at radius 3 is 1.71 bits per heavy atom. The van der Waals surface area contributed by atoms with Crippen LogP contribution in [0.25, 0.3) is 0 Å². The molecule has 0 aromatic carbocycles. The fraction of sp³-hybridized carbons (Fsp3) is 0. The molecule has 0 aromatic rings. The average molecular weight is 144 g/mol. The van der Waals surface area contributed by atoms with Crippen molar-refractivity contribution < 1.29 is 19.9 Å². The van der Waals surface area contributed by atoms with Crippen LogP contribution in [0.4, 0.5) is 0 Å². The predicted molar refractivity (Wildman–Crippen MR) is 19.2 cm³/mol. The van der Waals surface area contributed by atoms with Crippen molar-refractivity contribution in [1.82, 2.24) is 0 Å². The van der Waals surface area contributed by atoms with Gasteiger partial charge in [-0.05, 0) is 0 Å². The van der Waals surface area contributed by atoms with E-state index in [1.165, 1.54) is 0 Å². The maximum absolute atomic E-state index is 9.66. The molecule has 0 aliphatic carbocycles. The van der Waals surface area contributed by atoms with Crippen LogP contribution in [0.2, 0.25) is 0 Å². The summed E-state index contributed by atoms with van der Waals surface area (Å²) in [5, 5.41) is 0. The predicted octanol–water partition coefficient (Wildman–Crippen LogP) is -1.14. The van der Waals surface area contributed by atoms with Gasteiger partial charge in [-0.3, -0.25) is 0 Å². The minimum Gasteiger partial charge on any atom is -0.195 e. The molecule has 1 saturated heterocycles. The van der Waals surface area contributed by atoms with Crippen molar-refractivity contribution in [1.29, 1.82) is 0 Å². The lowest BCUT2D eigenvalue weighted by molar-refractivity contribution is 0.333. The molecule has 1 heterocycles. The van der Waals surface area contributed by atoms with Crippen molar-refractivity contribution >= 4 is 21.8 Å². The van der Waals surface area contributed by atoms with E-state index in [2.05, 4.69) is 7.26 Å². The number of rotatable bonds is 0. The van der Waals surface area contributed by atoms with Crippen LogP contribution < -0.4 is 0 Å². The van der Waals surface area contributed by atoms with Crippen molar-refractivity contribution in [2.45, 2.75) is 0 Å². The summed E-state index contributed by atoms with van der Waals surface area (Å²) < 4.78 is 36.0. The lowest BCUT2D eigenvalue weighted by atomic mass is 15.7. The summed E-state index contributed by atoms with van der Waals surface area (Å²) in [6, 6.07) is 0. The van der Waals surface area contributed by atoms with Crippen molar-refractivity contribution in [3.05, 3.63) is 0 Å². The fourth-order valence-corrected chi connectivity index (χ4v) is 1.27. The first-order chi connectivity index (χ1) is 3.10. The molecule has 42 valence electrons. The van der Waals surface area contributed by atoms with E-state index in [0.717, 1.165) is 0 Å². The van der Waals surface area contributed by atoms with Gasteiger partial charge in [0, 0.05) is 0 Å². The summed E-state index contributed by atoms with van der Waals surface area (Å²) in [6.45, 7) is 0. The van der Waals surface area contributed by atoms with E-state index in [-0.39, 0.29) is 0 Å². The second-order valence-corrected chi connectivity index (χ2v) is 3.06. The molecule has 0 atom stereocenters. The van der Waals surface area contributed by atoms with Gasteiger partial charge in [-0.1, -0.05) is 0 Å². The molecule has 5 nitrogen and oxygen atoms in total. The monoisotopic (exact) mass is 144 g/mol. The highest BCUT2D eigenvalue weighted by Gasteiger charge is 2.33. The van der Waals surface area contributed by atoms with Crippen LogP contribution in [0.1, 0.15) is 0 Å². The molecular formula is O5S2. The van der Waals surface area contributed by atoms with E-state index < -0.39 is 21.8 Å². The van der Waals surface area contributed by atoms with Gasteiger partial charge in [0.1, 0.15) is 0 Å². The Morgan fingerprint density at radius 1 is 1.29 bits per heavy atom. The zero-order valence-corrected chi connectivity index (χ0v) is 4.49. The molecule has 0 amide bonds. The van der Waals surface area contributed by atoms with E-state index in [0.29, 0.717) is 0 Å². The van der Waals surface area contributed by atoms with Crippen LogP contribution >= 0.6 is 0 Å². The quantitative estimate of drug-likeness (QED) is 0.429. The second kappa shape index (κ2) is 1.25. The lowest BCUT2D eigenvalue weighted by Gasteiger charge is -2.07. The van der Waals surface area contributed by atoms with Crippen molar-refractivity contribution in [2.75, 3.05) is 0 Å². The first-order valence-electron chi connectivity index (χ1n) is 1.17. The minimum atomic E-state index is -3.83. The Morgan fingerprint density at radius 2 is 1.71 bits per heavy atom. The summed E-state index contributed by atoms with van der Waals surface area (Å²) in [5.41, 5.74) is 0. The van der Waals surface area contributed by atoms with Gasteiger partial charge >= 0.3 is 21.8 Å². The smallest absolute Gasteiger partial charge is 0.195 e. The van der Waals surface area contributed by atoms with Crippen LogP contribution in [0.15, 0.2) is 0 Å². The molecule has 7 heavy (non-hydrogen) atoms. The molecule has 0 spiro atoms. The van der Waals surface area contributed by atoms with E-state index in [4.69, 9.17) is 0 Å². The van der Waals surface area contributed by atoms with Gasteiger partial charge in [0.25, 0.3) is 0 Å². The number of hydrogen-bond acceptors (Lipinski definition) is 5. The van der Waals surface area contributed by atoms with Gasteiger partial charge in [0.05, 0.1) is 0 Å². The van der Waals surface area contributed by atoms with E-state index >= 15 is 0 Å². The van der Waals surface area contributed by atoms with Crippen molar-refractivity contribution in [3.63, 3.8) is 0 Å². The molecule has 0 unspecified atom stereocenters. The summed E-state index contributed by atoms with van der Waals surface area (Å²) in [7, 11) is -3.83. The number of hydrogen-bond donors (Lipinski definition) is 0. The molecule has 0 aromatic heterocycles. The maximum Gasteiger partial charge on any atom is 0.429 e.